The van der Waals surface area contributed by atoms with Crippen LogP contribution >= 0.6 is 0 Å². The van der Waals surface area contributed by atoms with Crippen LogP contribution in [0.15, 0.2) is 35.1 Å². The lowest BCUT2D eigenvalue weighted by molar-refractivity contribution is -0.116. The van der Waals surface area contributed by atoms with Crippen molar-refractivity contribution in [2.24, 2.45) is 0 Å². The highest BCUT2D eigenvalue weighted by atomic mass is 19.2. The van der Waals surface area contributed by atoms with Crippen LogP contribution in [0.2, 0.25) is 0 Å². The summed E-state index contributed by atoms with van der Waals surface area (Å²) >= 11 is 0. The Balaban J connectivity index is 1.91. The van der Waals surface area contributed by atoms with Gasteiger partial charge in [-0.25, -0.2) is 13.9 Å². The molecule has 2 aromatic heterocycles. The molecule has 2 N–H and O–H groups in total. The van der Waals surface area contributed by atoms with Crippen molar-refractivity contribution >= 4 is 11.7 Å². The third-order valence-electron chi connectivity index (χ3n) is 4.34. The van der Waals surface area contributed by atoms with Gasteiger partial charge in [0.15, 0.2) is 17.5 Å². The molecule has 0 radical (unpaired) electrons. The number of hydrogen-bond donors (Lipinski definition) is 2. The molecule has 0 spiro atoms. The Morgan fingerprint density at radius 2 is 2.00 bits per heavy atom. The maximum Gasteiger partial charge on any atom is 0.264 e. The Morgan fingerprint density at radius 1 is 1.19 bits per heavy atom. The number of aryl methyl sites for hydroxylation is 1. The number of aromatic amines is 1. The predicted molar refractivity (Wildman–Crippen MR) is 88.2 cm³/mol. The van der Waals surface area contributed by atoms with E-state index in [1.807, 2.05) is 0 Å². The number of carbonyl (C=O) groups excluding carboxylic acids is 1. The zero-order chi connectivity index (χ0) is 18.4. The molecule has 1 aliphatic heterocycles. The molecule has 1 aromatic carbocycles. The average molecular weight is 357 g/mol. The van der Waals surface area contributed by atoms with Crippen LogP contribution in [0.4, 0.5) is 14.6 Å². The molecular weight excluding hydrogens is 344 g/mol. The minimum absolute atomic E-state index is 0.0288. The fourth-order valence-corrected chi connectivity index (χ4v) is 3.22. The summed E-state index contributed by atoms with van der Waals surface area (Å²) in [6.07, 6.45) is -0.0288. The molecule has 4 rings (SSSR count). The molecule has 3 aromatic rings. The number of fused-ring (bicyclic) bond motifs is 1. The first kappa shape index (κ1) is 16.1. The molecule has 1 aliphatic rings. The topological polar surface area (TPSA) is 92.7 Å². The van der Waals surface area contributed by atoms with Gasteiger partial charge in [-0.2, -0.15) is 14.9 Å². The van der Waals surface area contributed by atoms with Crippen molar-refractivity contribution in [1.29, 1.82) is 0 Å². The molecule has 0 saturated heterocycles. The van der Waals surface area contributed by atoms with Crippen LogP contribution < -0.4 is 10.9 Å². The maximum atomic E-state index is 14.3. The van der Waals surface area contributed by atoms with E-state index in [1.165, 1.54) is 28.9 Å². The van der Waals surface area contributed by atoms with E-state index < -0.39 is 17.6 Å². The summed E-state index contributed by atoms with van der Waals surface area (Å²) in [5.41, 5.74) is 0.845. The van der Waals surface area contributed by atoms with Crippen LogP contribution in [0.3, 0.4) is 0 Å². The van der Waals surface area contributed by atoms with Gasteiger partial charge >= 0.3 is 0 Å². The van der Waals surface area contributed by atoms with Crippen molar-refractivity contribution in [2.45, 2.75) is 19.3 Å². The van der Waals surface area contributed by atoms with E-state index in [0.29, 0.717) is 17.1 Å². The molecule has 9 heteroatoms. The zero-order valence-electron chi connectivity index (χ0n) is 13.6. The average Bonchev–Trinajstić information content (AvgIpc) is 2.94. The molecule has 3 heterocycles. The monoisotopic (exact) mass is 357 g/mol. The van der Waals surface area contributed by atoms with Crippen molar-refractivity contribution in [2.75, 3.05) is 5.32 Å². The number of aromatic nitrogens is 4. The molecule has 26 heavy (non-hydrogen) atoms. The Hall–Kier alpha value is -3.36. The van der Waals surface area contributed by atoms with Gasteiger partial charge in [0, 0.05) is 24.0 Å². The van der Waals surface area contributed by atoms with E-state index in [0.717, 1.165) is 6.07 Å². The number of H-pyrrole nitrogens is 1. The summed E-state index contributed by atoms with van der Waals surface area (Å²) in [5.74, 6) is -2.36. The number of nitrogens with zero attached hydrogens (tertiary/aromatic N) is 3. The number of carbonyl (C=O) groups is 1. The molecule has 1 amide bonds. The third kappa shape index (κ3) is 2.48. The van der Waals surface area contributed by atoms with Crippen LogP contribution in [0.5, 0.6) is 0 Å². The number of benzene rings is 1. The van der Waals surface area contributed by atoms with Crippen LogP contribution in [0.25, 0.3) is 5.82 Å². The van der Waals surface area contributed by atoms with Crippen LogP contribution in [-0.4, -0.2) is 25.9 Å². The van der Waals surface area contributed by atoms with Gasteiger partial charge in [-0.05, 0) is 24.6 Å². The second-order valence-electron chi connectivity index (χ2n) is 5.99. The first-order valence-corrected chi connectivity index (χ1v) is 7.85. The predicted octanol–water partition coefficient (Wildman–Crippen LogP) is 2.02. The first-order chi connectivity index (χ1) is 12.5. The molecular formula is C17H13F2N5O2. The van der Waals surface area contributed by atoms with Gasteiger partial charge in [-0.1, -0.05) is 12.1 Å². The number of rotatable bonds is 2. The van der Waals surface area contributed by atoms with Crippen molar-refractivity contribution in [3.8, 4) is 5.82 Å². The second-order valence-corrected chi connectivity index (χ2v) is 5.99. The summed E-state index contributed by atoms with van der Waals surface area (Å²) < 4.78 is 29.4. The summed E-state index contributed by atoms with van der Waals surface area (Å²) in [6.45, 7) is 1.71. The van der Waals surface area contributed by atoms with Gasteiger partial charge in [0.1, 0.15) is 5.82 Å². The number of anilines is 1. The van der Waals surface area contributed by atoms with Crippen molar-refractivity contribution in [1.82, 2.24) is 20.0 Å². The van der Waals surface area contributed by atoms with Gasteiger partial charge < -0.3 is 5.32 Å². The number of nitrogens with one attached hydrogen (secondary N) is 2. The molecule has 0 fully saturated rings. The first-order valence-electron chi connectivity index (χ1n) is 7.85. The lowest BCUT2D eigenvalue weighted by atomic mass is 9.85. The van der Waals surface area contributed by atoms with E-state index in [2.05, 4.69) is 20.6 Å². The smallest absolute Gasteiger partial charge is 0.264 e. The standard InChI is InChI=1S/C17H13F2N5O2/c1-8-15-10(9-3-2-4-11(18)16(9)19)7-14(26)20-17(15)24(23-8)12-5-6-13(25)22-21-12/h2-6,10H,7H2,1H3,(H,20,26)(H,22,25)/t10-/m0/s1. The summed E-state index contributed by atoms with van der Waals surface area (Å²) in [7, 11) is 0. The van der Waals surface area contributed by atoms with E-state index in [1.54, 1.807) is 6.92 Å². The van der Waals surface area contributed by atoms with E-state index in [4.69, 9.17) is 0 Å². The summed E-state index contributed by atoms with van der Waals surface area (Å²) in [4.78, 5) is 23.4. The fraction of sp³-hybridized carbons (Fsp3) is 0.176. The SMILES string of the molecule is Cc1nn(-c2ccc(=O)[nH]n2)c2c1[C@H](c1cccc(F)c1F)CC(=O)N2. The molecule has 7 nitrogen and oxygen atoms in total. The summed E-state index contributed by atoms with van der Waals surface area (Å²) in [5, 5.41) is 13.3. The van der Waals surface area contributed by atoms with Crippen LogP contribution in [0.1, 0.15) is 29.2 Å². The zero-order valence-corrected chi connectivity index (χ0v) is 13.6. The molecule has 0 unspecified atom stereocenters. The highest BCUT2D eigenvalue weighted by Gasteiger charge is 2.34. The number of halogens is 2. The lowest BCUT2D eigenvalue weighted by Gasteiger charge is -2.24. The maximum absolute atomic E-state index is 14.3. The Morgan fingerprint density at radius 3 is 2.73 bits per heavy atom. The Kier molecular flexibility index (Phi) is 3.64. The number of hydrogen-bond acceptors (Lipinski definition) is 4. The van der Waals surface area contributed by atoms with E-state index in [-0.39, 0.29) is 29.3 Å². The van der Waals surface area contributed by atoms with Gasteiger partial charge in [0.25, 0.3) is 5.56 Å². The normalized spacial score (nSPS) is 16.3. The minimum atomic E-state index is -0.979. The van der Waals surface area contributed by atoms with Crippen molar-refractivity contribution in [3.63, 3.8) is 0 Å². The number of amides is 1. The van der Waals surface area contributed by atoms with Gasteiger partial charge in [-0.15, -0.1) is 0 Å². The molecule has 0 saturated carbocycles. The van der Waals surface area contributed by atoms with Gasteiger partial charge in [-0.3, -0.25) is 9.59 Å². The lowest BCUT2D eigenvalue weighted by Crippen LogP contribution is -2.26. The molecule has 132 valence electrons. The molecule has 0 bridgehead atoms. The molecule has 1 atom stereocenters. The van der Waals surface area contributed by atoms with Crippen molar-refractivity contribution in [3.05, 3.63) is 69.1 Å². The third-order valence-corrected chi connectivity index (χ3v) is 4.34. The fourth-order valence-electron chi connectivity index (χ4n) is 3.22. The minimum Gasteiger partial charge on any atom is -0.310 e. The van der Waals surface area contributed by atoms with Gasteiger partial charge in [0.2, 0.25) is 5.91 Å². The Labute approximate surface area is 145 Å². The molecule has 0 aliphatic carbocycles. The van der Waals surface area contributed by atoms with Crippen LogP contribution in [0, 0.1) is 18.6 Å². The highest BCUT2D eigenvalue weighted by molar-refractivity contribution is 5.95. The highest BCUT2D eigenvalue weighted by Crippen LogP contribution is 2.40. The van der Waals surface area contributed by atoms with Gasteiger partial charge in [0.05, 0.1) is 5.69 Å². The quantitative estimate of drug-likeness (QED) is 0.734. The summed E-state index contributed by atoms with van der Waals surface area (Å²) in [6, 6.07) is 6.62. The van der Waals surface area contributed by atoms with E-state index >= 15 is 0 Å². The Bertz CT molecular complexity index is 1070. The van der Waals surface area contributed by atoms with Crippen molar-refractivity contribution < 1.29 is 13.6 Å². The van der Waals surface area contributed by atoms with E-state index in [9.17, 15) is 18.4 Å². The second kappa shape index (κ2) is 5.87. The largest absolute Gasteiger partial charge is 0.310 e. The van der Waals surface area contributed by atoms with Crippen LogP contribution in [-0.2, 0) is 4.79 Å².